The van der Waals surface area contributed by atoms with Crippen LogP contribution in [0.15, 0.2) is 18.3 Å². The van der Waals surface area contributed by atoms with E-state index in [-0.39, 0.29) is 0 Å². The second-order valence-electron chi connectivity index (χ2n) is 4.26. The molecule has 16 heavy (non-hydrogen) atoms. The van der Waals surface area contributed by atoms with Crippen molar-refractivity contribution in [1.29, 1.82) is 0 Å². The molecule has 90 valence electrons. The van der Waals surface area contributed by atoms with Crippen molar-refractivity contribution in [2.45, 2.75) is 39.8 Å². The summed E-state index contributed by atoms with van der Waals surface area (Å²) in [5.74, 6) is 1.37. The van der Waals surface area contributed by atoms with E-state index in [0.29, 0.717) is 17.8 Å². The maximum Gasteiger partial charge on any atom is 0.213 e. The quantitative estimate of drug-likeness (QED) is 0.803. The van der Waals surface area contributed by atoms with Crippen molar-refractivity contribution in [2.75, 3.05) is 7.11 Å². The van der Waals surface area contributed by atoms with E-state index in [9.17, 15) is 0 Å². The van der Waals surface area contributed by atoms with Crippen LogP contribution in [0.1, 0.15) is 32.8 Å². The molecular weight excluding hydrogens is 200 g/mol. The summed E-state index contributed by atoms with van der Waals surface area (Å²) < 4.78 is 5.09. The van der Waals surface area contributed by atoms with E-state index in [1.165, 1.54) is 12.0 Å². The van der Waals surface area contributed by atoms with Crippen molar-refractivity contribution in [1.82, 2.24) is 10.3 Å². The van der Waals surface area contributed by atoms with Crippen LogP contribution in [-0.4, -0.2) is 18.1 Å². The molecule has 2 atom stereocenters. The molecule has 2 unspecified atom stereocenters. The van der Waals surface area contributed by atoms with Crippen LogP contribution >= 0.6 is 0 Å². The van der Waals surface area contributed by atoms with Gasteiger partial charge in [0.2, 0.25) is 5.88 Å². The lowest BCUT2D eigenvalue weighted by Crippen LogP contribution is -2.31. The summed E-state index contributed by atoms with van der Waals surface area (Å²) in [6, 6.07) is 4.51. The highest BCUT2D eigenvalue weighted by Gasteiger charge is 2.09. The minimum atomic E-state index is 0.532. The molecule has 1 aromatic rings. The standard InChI is InChI=1S/C13H22N2O/c1-5-10(2)11(3)15-9-12-6-7-14-13(8-12)16-4/h6-8,10-11,15H,5,9H2,1-4H3. The maximum absolute atomic E-state index is 5.09. The Kier molecular flexibility index (Phi) is 5.26. The van der Waals surface area contributed by atoms with Crippen molar-refractivity contribution >= 4 is 0 Å². The number of nitrogens with zero attached hydrogens (tertiary/aromatic N) is 1. The topological polar surface area (TPSA) is 34.2 Å². The number of aromatic nitrogens is 1. The Morgan fingerprint density at radius 1 is 1.44 bits per heavy atom. The summed E-state index contributed by atoms with van der Waals surface area (Å²) in [5, 5.41) is 3.52. The SMILES string of the molecule is CCC(C)C(C)NCc1ccnc(OC)c1. The lowest BCUT2D eigenvalue weighted by Gasteiger charge is -2.19. The van der Waals surface area contributed by atoms with Crippen molar-refractivity contribution in [3.63, 3.8) is 0 Å². The third kappa shape index (κ3) is 3.81. The minimum Gasteiger partial charge on any atom is -0.481 e. The van der Waals surface area contributed by atoms with Gasteiger partial charge in [0.1, 0.15) is 0 Å². The highest BCUT2D eigenvalue weighted by Crippen LogP contribution is 2.10. The Morgan fingerprint density at radius 2 is 2.19 bits per heavy atom. The van der Waals surface area contributed by atoms with E-state index < -0.39 is 0 Å². The van der Waals surface area contributed by atoms with Crippen LogP contribution in [-0.2, 0) is 6.54 Å². The highest BCUT2D eigenvalue weighted by molar-refractivity contribution is 5.20. The summed E-state index contributed by atoms with van der Waals surface area (Å²) in [4.78, 5) is 4.09. The molecule has 1 N–H and O–H groups in total. The first-order chi connectivity index (χ1) is 7.67. The molecule has 0 saturated carbocycles. The van der Waals surface area contributed by atoms with E-state index in [1.807, 2.05) is 12.1 Å². The zero-order chi connectivity index (χ0) is 12.0. The minimum absolute atomic E-state index is 0.532. The molecule has 3 heteroatoms. The van der Waals surface area contributed by atoms with Gasteiger partial charge in [-0.25, -0.2) is 4.98 Å². The Morgan fingerprint density at radius 3 is 2.81 bits per heavy atom. The summed E-state index contributed by atoms with van der Waals surface area (Å²) in [7, 11) is 1.64. The second kappa shape index (κ2) is 6.48. The van der Waals surface area contributed by atoms with Crippen LogP contribution in [0, 0.1) is 5.92 Å². The third-order valence-corrected chi connectivity index (χ3v) is 3.13. The van der Waals surface area contributed by atoms with E-state index in [2.05, 4.69) is 31.1 Å². The van der Waals surface area contributed by atoms with Gasteiger partial charge in [-0.15, -0.1) is 0 Å². The van der Waals surface area contributed by atoms with Crippen LogP contribution in [0.4, 0.5) is 0 Å². The van der Waals surface area contributed by atoms with Crippen LogP contribution in [0.2, 0.25) is 0 Å². The monoisotopic (exact) mass is 222 g/mol. The number of ether oxygens (including phenoxy) is 1. The van der Waals surface area contributed by atoms with Crippen molar-refractivity contribution in [2.24, 2.45) is 5.92 Å². The van der Waals surface area contributed by atoms with E-state index >= 15 is 0 Å². The van der Waals surface area contributed by atoms with Crippen LogP contribution in [0.3, 0.4) is 0 Å². The molecule has 0 bridgehead atoms. The van der Waals surface area contributed by atoms with E-state index in [4.69, 9.17) is 4.74 Å². The molecule has 1 heterocycles. The summed E-state index contributed by atoms with van der Waals surface area (Å²) in [6.07, 6.45) is 2.98. The van der Waals surface area contributed by atoms with Gasteiger partial charge in [-0.1, -0.05) is 20.3 Å². The van der Waals surface area contributed by atoms with Gasteiger partial charge in [0.05, 0.1) is 7.11 Å². The zero-order valence-corrected chi connectivity index (χ0v) is 10.7. The second-order valence-corrected chi connectivity index (χ2v) is 4.26. The molecule has 0 saturated heterocycles. The Hall–Kier alpha value is -1.09. The fraction of sp³-hybridized carbons (Fsp3) is 0.615. The van der Waals surface area contributed by atoms with Gasteiger partial charge < -0.3 is 10.1 Å². The molecule has 0 aromatic carbocycles. The zero-order valence-electron chi connectivity index (χ0n) is 10.7. The normalized spacial score (nSPS) is 14.5. The first-order valence-electron chi connectivity index (χ1n) is 5.89. The lowest BCUT2D eigenvalue weighted by atomic mass is 10.0. The molecule has 0 amide bonds. The van der Waals surface area contributed by atoms with E-state index in [1.54, 1.807) is 13.3 Å². The van der Waals surface area contributed by atoms with Crippen LogP contribution in [0.25, 0.3) is 0 Å². The highest BCUT2D eigenvalue weighted by atomic mass is 16.5. The molecule has 0 spiro atoms. The molecule has 0 fully saturated rings. The van der Waals surface area contributed by atoms with Gasteiger partial charge >= 0.3 is 0 Å². The van der Waals surface area contributed by atoms with Crippen LogP contribution in [0.5, 0.6) is 5.88 Å². The van der Waals surface area contributed by atoms with Gasteiger partial charge in [0.25, 0.3) is 0 Å². The Balaban J connectivity index is 2.47. The van der Waals surface area contributed by atoms with E-state index in [0.717, 1.165) is 6.54 Å². The van der Waals surface area contributed by atoms with Gasteiger partial charge in [-0.05, 0) is 24.5 Å². The molecule has 0 aliphatic carbocycles. The molecule has 3 nitrogen and oxygen atoms in total. The number of hydrogen-bond acceptors (Lipinski definition) is 3. The number of rotatable bonds is 6. The number of hydrogen-bond donors (Lipinski definition) is 1. The average molecular weight is 222 g/mol. The van der Waals surface area contributed by atoms with Gasteiger partial charge in [-0.2, -0.15) is 0 Å². The predicted octanol–water partition coefficient (Wildman–Crippen LogP) is 2.61. The number of pyridine rings is 1. The molecule has 0 aliphatic heterocycles. The van der Waals surface area contributed by atoms with Gasteiger partial charge in [-0.3, -0.25) is 0 Å². The van der Waals surface area contributed by atoms with Crippen molar-refractivity contribution < 1.29 is 4.74 Å². The molecular formula is C13H22N2O. The summed E-state index contributed by atoms with van der Waals surface area (Å²) in [5.41, 5.74) is 1.21. The summed E-state index contributed by atoms with van der Waals surface area (Å²) >= 11 is 0. The maximum atomic E-state index is 5.09. The molecule has 1 aromatic heterocycles. The fourth-order valence-electron chi connectivity index (χ4n) is 1.51. The largest absolute Gasteiger partial charge is 0.481 e. The first-order valence-corrected chi connectivity index (χ1v) is 5.89. The predicted molar refractivity (Wildman–Crippen MR) is 66.5 cm³/mol. The summed E-state index contributed by atoms with van der Waals surface area (Å²) in [6.45, 7) is 7.58. The fourth-order valence-corrected chi connectivity index (χ4v) is 1.51. The van der Waals surface area contributed by atoms with Crippen LogP contribution < -0.4 is 10.1 Å². The Labute approximate surface area is 98.2 Å². The molecule has 1 rings (SSSR count). The van der Waals surface area contributed by atoms with Crippen molar-refractivity contribution in [3.8, 4) is 5.88 Å². The Bertz CT molecular complexity index is 315. The van der Waals surface area contributed by atoms with Gasteiger partial charge in [0, 0.05) is 24.8 Å². The average Bonchev–Trinajstić information content (AvgIpc) is 2.35. The smallest absolute Gasteiger partial charge is 0.213 e. The molecule has 0 aliphatic rings. The number of methoxy groups -OCH3 is 1. The van der Waals surface area contributed by atoms with Crippen molar-refractivity contribution in [3.05, 3.63) is 23.9 Å². The lowest BCUT2D eigenvalue weighted by molar-refractivity contribution is 0.385. The first kappa shape index (κ1) is 13.0. The number of nitrogens with one attached hydrogen (secondary N) is 1. The van der Waals surface area contributed by atoms with Gasteiger partial charge in [0.15, 0.2) is 0 Å². The third-order valence-electron chi connectivity index (χ3n) is 3.13. The molecule has 0 radical (unpaired) electrons.